The first-order chi connectivity index (χ1) is 14.9. The molecule has 3 atom stereocenters. The fraction of sp³-hybridized carbons (Fsp3) is 0.600. The van der Waals surface area contributed by atoms with Gasteiger partial charge in [0, 0.05) is 33.3 Å². The van der Waals surface area contributed by atoms with Gasteiger partial charge in [0.25, 0.3) is 5.91 Å². The van der Waals surface area contributed by atoms with E-state index in [2.05, 4.69) is 25.9 Å². The number of rotatable bonds is 9. The third-order valence-electron chi connectivity index (χ3n) is 5.16. The molecule has 1 fully saturated rings. The van der Waals surface area contributed by atoms with Crippen molar-refractivity contribution in [3.8, 4) is 0 Å². The van der Waals surface area contributed by atoms with Gasteiger partial charge in [0.15, 0.2) is 0 Å². The van der Waals surface area contributed by atoms with E-state index < -0.39 is 6.09 Å². The number of ether oxygens (including phenoxy) is 3. The summed E-state index contributed by atoms with van der Waals surface area (Å²) < 4.78 is 17.1. The zero-order chi connectivity index (χ0) is 22.4. The summed E-state index contributed by atoms with van der Waals surface area (Å²) in [5.74, 6) is 0.369. The Morgan fingerprint density at radius 1 is 1.29 bits per heavy atom. The van der Waals surface area contributed by atoms with Crippen LogP contribution in [0.5, 0.6) is 0 Å². The highest BCUT2D eigenvalue weighted by Gasteiger charge is 2.30. The quantitative estimate of drug-likeness (QED) is 0.549. The summed E-state index contributed by atoms with van der Waals surface area (Å²) in [7, 11) is 4.87. The van der Waals surface area contributed by atoms with E-state index in [0.29, 0.717) is 36.8 Å². The molecule has 11 nitrogen and oxygen atoms in total. The van der Waals surface area contributed by atoms with Gasteiger partial charge in [0.1, 0.15) is 17.6 Å². The molecule has 0 aromatic carbocycles. The van der Waals surface area contributed by atoms with E-state index in [1.807, 2.05) is 13.0 Å². The number of alkyl carbamates (subject to hydrolysis) is 1. The van der Waals surface area contributed by atoms with Crippen molar-refractivity contribution in [1.82, 2.24) is 25.3 Å². The number of H-pyrrole nitrogens is 1. The lowest BCUT2D eigenvalue weighted by Gasteiger charge is -2.16. The maximum Gasteiger partial charge on any atom is 0.407 e. The summed E-state index contributed by atoms with van der Waals surface area (Å²) in [6, 6.07) is 3.39. The van der Waals surface area contributed by atoms with E-state index in [4.69, 9.17) is 14.2 Å². The molecule has 0 unspecified atom stereocenters. The summed E-state index contributed by atoms with van der Waals surface area (Å²) in [6.07, 6.45) is 1.71. The molecule has 0 spiro atoms. The van der Waals surface area contributed by atoms with Gasteiger partial charge >= 0.3 is 6.09 Å². The van der Waals surface area contributed by atoms with Gasteiger partial charge in [-0.25, -0.2) is 4.79 Å². The predicted molar refractivity (Wildman–Crippen MR) is 112 cm³/mol. The second kappa shape index (κ2) is 10.4. The molecule has 2 aromatic heterocycles. The highest BCUT2D eigenvalue weighted by Crippen LogP contribution is 2.35. The van der Waals surface area contributed by atoms with Gasteiger partial charge in [-0.05, 0) is 32.3 Å². The van der Waals surface area contributed by atoms with Crippen LogP contribution in [0.4, 0.5) is 10.6 Å². The van der Waals surface area contributed by atoms with E-state index in [0.717, 1.165) is 18.5 Å². The Bertz CT molecular complexity index is 895. The molecule has 3 N–H and O–H groups in total. The van der Waals surface area contributed by atoms with Crippen LogP contribution in [0.1, 0.15) is 54.0 Å². The molecule has 0 saturated heterocycles. The summed E-state index contributed by atoms with van der Waals surface area (Å²) in [4.78, 5) is 24.5. The monoisotopic (exact) mass is 434 g/mol. The van der Waals surface area contributed by atoms with Crippen LogP contribution in [0.15, 0.2) is 12.1 Å². The van der Waals surface area contributed by atoms with Crippen molar-refractivity contribution in [1.29, 1.82) is 0 Å². The lowest BCUT2D eigenvalue weighted by Crippen LogP contribution is -2.37. The van der Waals surface area contributed by atoms with Gasteiger partial charge in [-0.3, -0.25) is 14.6 Å². The standard InChI is InChI=1S/C20H30N6O5/c1-12(10-29-3)21-20(28)31-15-6-5-13(7-15)16-9-18(24-23-16)22-19(27)17-8-14(11-30-4)25-26(17)2/h8-9,12-13,15H,5-7,10-11H2,1-4H3,(H,21,28)(H2,22,23,24,27)/t12-,13-,15+/m0/s1. The number of aromatic nitrogens is 4. The lowest BCUT2D eigenvalue weighted by molar-refractivity contribution is 0.0910. The molecule has 170 valence electrons. The number of carbonyl (C=O) groups excluding carboxylic acids is 2. The molecule has 2 heterocycles. The molecule has 0 radical (unpaired) electrons. The van der Waals surface area contributed by atoms with Crippen molar-refractivity contribution >= 4 is 17.8 Å². The normalized spacial score (nSPS) is 19.2. The lowest BCUT2D eigenvalue weighted by atomic mass is 10.0. The minimum atomic E-state index is -0.436. The zero-order valence-corrected chi connectivity index (χ0v) is 18.3. The molecular formula is C20H30N6O5. The number of hydrogen-bond donors (Lipinski definition) is 3. The molecule has 3 rings (SSSR count). The summed E-state index contributed by atoms with van der Waals surface area (Å²) in [5, 5.41) is 17.0. The molecule has 0 aliphatic heterocycles. The van der Waals surface area contributed by atoms with Gasteiger partial charge in [-0.2, -0.15) is 10.2 Å². The maximum absolute atomic E-state index is 12.6. The summed E-state index contributed by atoms with van der Waals surface area (Å²) in [5.41, 5.74) is 1.93. The van der Waals surface area contributed by atoms with Crippen LogP contribution in [0, 0.1) is 0 Å². The van der Waals surface area contributed by atoms with Crippen LogP contribution in [0.2, 0.25) is 0 Å². The molecule has 2 aromatic rings. The van der Waals surface area contributed by atoms with Crippen molar-refractivity contribution in [3.63, 3.8) is 0 Å². The van der Waals surface area contributed by atoms with Crippen molar-refractivity contribution in [2.45, 2.75) is 50.9 Å². The number of nitrogens with one attached hydrogen (secondary N) is 3. The second-order valence-corrected chi connectivity index (χ2v) is 7.78. The van der Waals surface area contributed by atoms with E-state index in [1.54, 1.807) is 27.3 Å². The van der Waals surface area contributed by atoms with Crippen molar-refractivity contribution in [2.75, 3.05) is 26.1 Å². The van der Waals surface area contributed by atoms with E-state index in [-0.39, 0.29) is 24.0 Å². The SMILES string of the molecule is COCc1cc(C(=O)Nc2cc([C@H]3CC[C@@H](OC(=O)N[C@@H](C)COC)C3)n[nH]2)n(C)n1. The summed E-state index contributed by atoms with van der Waals surface area (Å²) in [6.45, 7) is 2.62. The largest absolute Gasteiger partial charge is 0.446 e. The molecule has 1 saturated carbocycles. The van der Waals surface area contributed by atoms with Crippen molar-refractivity contribution in [3.05, 3.63) is 29.2 Å². The number of carbonyl (C=O) groups is 2. The highest BCUT2D eigenvalue weighted by atomic mass is 16.6. The Morgan fingerprint density at radius 2 is 2.10 bits per heavy atom. The van der Waals surface area contributed by atoms with E-state index in [9.17, 15) is 9.59 Å². The first-order valence-corrected chi connectivity index (χ1v) is 10.2. The molecule has 31 heavy (non-hydrogen) atoms. The Morgan fingerprint density at radius 3 is 2.84 bits per heavy atom. The minimum absolute atomic E-state index is 0.114. The van der Waals surface area contributed by atoms with Gasteiger partial charge in [0.2, 0.25) is 0 Å². The summed E-state index contributed by atoms with van der Waals surface area (Å²) >= 11 is 0. The Balaban J connectivity index is 1.52. The smallest absolute Gasteiger partial charge is 0.407 e. The van der Waals surface area contributed by atoms with E-state index in [1.165, 1.54) is 4.68 Å². The van der Waals surface area contributed by atoms with Gasteiger partial charge < -0.3 is 24.8 Å². The first kappa shape index (κ1) is 22.8. The number of aryl methyl sites for hydroxylation is 1. The number of aromatic amines is 1. The number of hydrogen-bond acceptors (Lipinski definition) is 7. The molecule has 11 heteroatoms. The van der Waals surface area contributed by atoms with Crippen LogP contribution in [0.3, 0.4) is 0 Å². The fourth-order valence-electron chi connectivity index (χ4n) is 3.75. The topological polar surface area (TPSA) is 132 Å². The number of nitrogens with zero attached hydrogens (tertiary/aromatic N) is 3. The Kier molecular flexibility index (Phi) is 7.64. The number of amides is 2. The van der Waals surface area contributed by atoms with Gasteiger partial charge in [0.05, 0.1) is 30.6 Å². The number of anilines is 1. The molecular weight excluding hydrogens is 404 g/mol. The van der Waals surface area contributed by atoms with Gasteiger partial charge in [-0.15, -0.1) is 0 Å². The van der Waals surface area contributed by atoms with Crippen LogP contribution in [-0.2, 0) is 27.9 Å². The third kappa shape index (κ3) is 6.05. The minimum Gasteiger partial charge on any atom is -0.446 e. The molecule has 0 bridgehead atoms. The van der Waals surface area contributed by atoms with Crippen molar-refractivity contribution < 1.29 is 23.8 Å². The van der Waals surface area contributed by atoms with Gasteiger partial charge in [-0.1, -0.05) is 0 Å². The molecule has 1 aliphatic carbocycles. The Labute approximate surface area is 180 Å². The molecule has 2 amide bonds. The van der Waals surface area contributed by atoms with Crippen LogP contribution in [0.25, 0.3) is 0 Å². The van der Waals surface area contributed by atoms with Crippen molar-refractivity contribution in [2.24, 2.45) is 7.05 Å². The fourth-order valence-corrected chi connectivity index (χ4v) is 3.75. The number of methoxy groups -OCH3 is 2. The van der Waals surface area contributed by atoms with E-state index >= 15 is 0 Å². The average Bonchev–Trinajstić information content (AvgIpc) is 3.42. The third-order valence-corrected chi connectivity index (χ3v) is 5.16. The second-order valence-electron chi connectivity index (χ2n) is 7.78. The van der Waals surface area contributed by atoms with Crippen LogP contribution in [-0.4, -0.2) is 65.0 Å². The maximum atomic E-state index is 12.6. The zero-order valence-electron chi connectivity index (χ0n) is 18.3. The highest BCUT2D eigenvalue weighted by molar-refractivity contribution is 6.02. The molecule has 1 aliphatic rings. The predicted octanol–water partition coefficient (Wildman–Crippen LogP) is 1.94. The Hall–Kier alpha value is -2.92. The van der Waals surface area contributed by atoms with Crippen LogP contribution < -0.4 is 10.6 Å². The first-order valence-electron chi connectivity index (χ1n) is 10.2. The van der Waals surface area contributed by atoms with Crippen LogP contribution >= 0.6 is 0 Å². The average molecular weight is 434 g/mol.